The number of pyridine rings is 1. The van der Waals surface area contributed by atoms with Crippen LogP contribution in [-0.2, 0) is 5.88 Å². The summed E-state index contributed by atoms with van der Waals surface area (Å²) in [6.07, 6.45) is 5.63. The van der Waals surface area contributed by atoms with Gasteiger partial charge >= 0.3 is 0 Å². The van der Waals surface area contributed by atoms with Gasteiger partial charge in [-0.3, -0.25) is 0 Å². The Morgan fingerprint density at radius 2 is 2.26 bits per heavy atom. The van der Waals surface area contributed by atoms with Crippen molar-refractivity contribution in [2.24, 2.45) is 5.41 Å². The van der Waals surface area contributed by atoms with Gasteiger partial charge in [-0.1, -0.05) is 20.3 Å². The highest BCUT2D eigenvalue weighted by molar-refractivity contribution is 6.16. The van der Waals surface area contributed by atoms with Crippen molar-refractivity contribution in [3.05, 3.63) is 23.7 Å². The number of fused-ring (bicyclic) bond motifs is 1. The molecule has 0 amide bonds. The molecule has 0 radical (unpaired) electrons. The number of nitrogens with zero attached hydrogens (tertiary/aromatic N) is 3. The Morgan fingerprint density at radius 1 is 1.47 bits per heavy atom. The van der Waals surface area contributed by atoms with E-state index in [0.29, 0.717) is 17.3 Å². The smallest absolute Gasteiger partial charge is 0.160 e. The minimum absolute atomic E-state index is 0.293. The highest BCUT2D eigenvalue weighted by Gasteiger charge is 2.37. The Labute approximate surface area is 119 Å². The van der Waals surface area contributed by atoms with Crippen LogP contribution in [0.1, 0.15) is 50.5 Å². The summed E-state index contributed by atoms with van der Waals surface area (Å²) in [6.45, 7) is 6.72. The van der Waals surface area contributed by atoms with E-state index in [1.807, 2.05) is 13.1 Å². The lowest BCUT2D eigenvalue weighted by molar-refractivity contribution is 0.261. The third kappa shape index (κ3) is 2.04. The molecule has 1 fully saturated rings. The Morgan fingerprint density at radius 3 is 2.89 bits per heavy atom. The zero-order valence-corrected chi connectivity index (χ0v) is 12.5. The summed E-state index contributed by atoms with van der Waals surface area (Å²) in [5.41, 5.74) is 3.39. The van der Waals surface area contributed by atoms with Gasteiger partial charge in [-0.2, -0.15) is 0 Å². The van der Waals surface area contributed by atoms with Gasteiger partial charge in [0.1, 0.15) is 11.3 Å². The molecule has 0 aromatic carbocycles. The average Bonchev–Trinajstić information content (AvgIpc) is 2.87. The Hall–Kier alpha value is -1.09. The minimum atomic E-state index is 0.293. The van der Waals surface area contributed by atoms with E-state index in [1.54, 1.807) is 0 Å². The summed E-state index contributed by atoms with van der Waals surface area (Å²) in [6, 6.07) is 2.55. The zero-order valence-electron chi connectivity index (χ0n) is 11.8. The van der Waals surface area contributed by atoms with Crippen LogP contribution in [0.25, 0.3) is 11.2 Å². The molecule has 1 aliphatic rings. The highest BCUT2D eigenvalue weighted by atomic mass is 35.5. The molecule has 1 saturated carbocycles. The van der Waals surface area contributed by atoms with Crippen LogP contribution in [0.15, 0.2) is 12.3 Å². The number of aryl methyl sites for hydroxylation is 1. The van der Waals surface area contributed by atoms with Crippen molar-refractivity contribution in [3.8, 4) is 0 Å². The van der Waals surface area contributed by atoms with Crippen molar-refractivity contribution >= 4 is 22.8 Å². The molecular weight excluding hydrogens is 258 g/mol. The first-order chi connectivity index (χ1) is 9.03. The first kappa shape index (κ1) is 12.9. The van der Waals surface area contributed by atoms with Gasteiger partial charge in [0.15, 0.2) is 5.65 Å². The molecule has 102 valence electrons. The van der Waals surface area contributed by atoms with Crippen LogP contribution in [0.2, 0.25) is 0 Å². The molecule has 0 spiro atoms. The van der Waals surface area contributed by atoms with E-state index in [4.69, 9.17) is 11.6 Å². The van der Waals surface area contributed by atoms with Crippen molar-refractivity contribution in [3.63, 3.8) is 0 Å². The van der Waals surface area contributed by atoms with Crippen LogP contribution < -0.4 is 0 Å². The van der Waals surface area contributed by atoms with Gasteiger partial charge in [-0.15, -0.1) is 11.6 Å². The largest absolute Gasteiger partial charge is 0.308 e. The number of alkyl halides is 1. The van der Waals surface area contributed by atoms with Crippen LogP contribution in [0.5, 0.6) is 0 Å². The third-order valence-corrected chi connectivity index (χ3v) is 4.61. The fourth-order valence-corrected chi connectivity index (χ4v) is 3.53. The number of hydrogen-bond acceptors (Lipinski definition) is 2. The van der Waals surface area contributed by atoms with Gasteiger partial charge in [0.05, 0.1) is 5.88 Å². The van der Waals surface area contributed by atoms with Gasteiger partial charge < -0.3 is 4.57 Å². The second kappa shape index (κ2) is 4.48. The number of aromatic nitrogens is 3. The fourth-order valence-electron chi connectivity index (χ4n) is 3.34. The van der Waals surface area contributed by atoms with Gasteiger partial charge in [-0.25, -0.2) is 9.97 Å². The van der Waals surface area contributed by atoms with Crippen LogP contribution in [0.3, 0.4) is 0 Å². The molecule has 0 aliphatic heterocycles. The van der Waals surface area contributed by atoms with Crippen molar-refractivity contribution in [2.75, 3.05) is 0 Å². The molecular formula is C15H20ClN3. The van der Waals surface area contributed by atoms with Crippen molar-refractivity contribution < 1.29 is 0 Å². The Kier molecular flexibility index (Phi) is 3.05. The third-order valence-electron chi connectivity index (χ3n) is 4.37. The van der Waals surface area contributed by atoms with Crippen molar-refractivity contribution in [2.45, 2.75) is 52.0 Å². The van der Waals surface area contributed by atoms with E-state index < -0.39 is 0 Å². The molecule has 0 bridgehead atoms. The fraction of sp³-hybridized carbons (Fsp3) is 0.600. The number of hydrogen-bond donors (Lipinski definition) is 0. The van der Waals surface area contributed by atoms with Gasteiger partial charge in [0.25, 0.3) is 0 Å². The monoisotopic (exact) mass is 277 g/mol. The first-order valence-electron chi connectivity index (χ1n) is 6.92. The number of imidazole rings is 1. The predicted molar refractivity (Wildman–Crippen MR) is 78.5 cm³/mol. The standard InChI is InChI=1S/C15H20ClN3/c1-10-7-11-14(17-9-10)19(13(8-16)18-11)12-5-4-6-15(12,2)3/h7,9,12H,4-6,8H2,1-3H3. The molecule has 1 unspecified atom stereocenters. The van der Waals surface area contributed by atoms with Crippen LogP contribution in [0.4, 0.5) is 0 Å². The van der Waals surface area contributed by atoms with Gasteiger partial charge in [0, 0.05) is 12.2 Å². The quantitative estimate of drug-likeness (QED) is 0.769. The number of rotatable bonds is 2. The van der Waals surface area contributed by atoms with E-state index in [9.17, 15) is 0 Å². The predicted octanol–water partition coefficient (Wildman–Crippen LogP) is 4.23. The van der Waals surface area contributed by atoms with Crippen LogP contribution in [0, 0.1) is 12.3 Å². The molecule has 0 saturated heterocycles. The summed E-state index contributed by atoms with van der Waals surface area (Å²) in [7, 11) is 0. The minimum Gasteiger partial charge on any atom is -0.308 e. The normalized spacial score (nSPS) is 22.2. The average molecular weight is 278 g/mol. The molecule has 19 heavy (non-hydrogen) atoms. The topological polar surface area (TPSA) is 30.7 Å². The summed E-state index contributed by atoms with van der Waals surface area (Å²) >= 11 is 6.10. The lowest BCUT2D eigenvalue weighted by Crippen LogP contribution is -2.23. The van der Waals surface area contributed by atoms with Gasteiger partial charge in [0.2, 0.25) is 0 Å². The molecule has 1 atom stereocenters. The molecule has 3 rings (SSSR count). The van der Waals surface area contributed by atoms with E-state index in [0.717, 1.165) is 22.6 Å². The van der Waals surface area contributed by atoms with E-state index in [1.165, 1.54) is 19.3 Å². The van der Waals surface area contributed by atoms with E-state index in [2.05, 4.69) is 34.4 Å². The van der Waals surface area contributed by atoms with Crippen molar-refractivity contribution in [1.82, 2.24) is 14.5 Å². The van der Waals surface area contributed by atoms with E-state index >= 15 is 0 Å². The maximum Gasteiger partial charge on any atom is 0.160 e. The molecule has 4 heteroatoms. The summed E-state index contributed by atoms with van der Waals surface area (Å²) in [5, 5.41) is 0. The Bertz CT molecular complexity index is 615. The SMILES string of the molecule is Cc1cnc2c(c1)nc(CCl)n2C1CCCC1(C)C. The summed E-state index contributed by atoms with van der Waals surface area (Å²) in [4.78, 5) is 9.27. The van der Waals surface area contributed by atoms with Crippen LogP contribution >= 0.6 is 11.6 Å². The van der Waals surface area contributed by atoms with E-state index in [-0.39, 0.29) is 0 Å². The first-order valence-corrected chi connectivity index (χ1v) is 7.46. The van der Waals surface area contributed by atoms with Crippen LogP contribution in [-0.4, -0.2) is 14.5 Å². The van der Waals surface area contributed by atoms with Gasteiger partial charge in [-0.05, 0) is 36.8 Å². The number of halogens is 1. The molecule has 1 aliphatic carbocycles. The molecule has 2 aromatic heterocycles. The highest BCUT2D eigenvalue weighted by Crippen LogP contribution is 2.47. The second-order valence-corrected chi connectivity index (χ2v) is 6.55. The molecule has 0 N–H and O–H groups in total. The Balaban J connectivity index is 2.21. The summed E-state index contributed by atoms with van der Waals surface area (Å²) in [5.74, 6) is 1.40. The summed E-state index contributed by atoms with van der Waals surface area (Å²) < 4.78 is 2.29. The zero-order chi connectivity index (χ0) is 13.6. The molecule has 2 aromatic rings. The maximum atomic E-state index is 6.10. The molecule has 2 heterocycles. The van der Waals surface area contributed by atoms with Crippen molar-refractivity contribution in [1.29, 1.82) is 0 Å². The lowest BCUT2D eigenvalue weighted by Gasteiger charge is -2.29. The second-order valence-electron chi connectivity index (χ2n) is 6.28. The lowest BCUT2D eigenvalue weighted by atomic mass is 9.87. The maximum absolute atomic E-state index is 6.10. The molecule has 3 nitrogen and oxygen atoms in total.